The van der Waals surface area contributed by atoms with Crippen molar-refractivity contribution in [2.75, 3.05) is 24.6 Å². The average Bonchev–Trinajstić information content (AvgIpc) is 2.86. The van der Waals surface area contributed by atoms with E-state index < -0.39 is 0 Å². The lowest BCUT2D eigenvalue weighted by Gasteiger charge is -2.19. The summed E-state index contributed by atoms with van der Waals surface area (Å²) in [6, 6.07) is 0.238. The van der Waals surface area contributed by atoms with Crippen LogP contribution in [0.3, 0.4) is 0 Å². The van der Waals surface area contributed by atoms with Crippen LogP contribution in [0.1, 0.15) is 26.7 Å². The monoisotopic (exact) mass is 250 g/mol. The SMILES string of the molecule is CCCOc1cncc(N2CCC(C(C)N)C2)n1. The second kappa shape index (κ2) is 6.00. The first-order chi connectivity index (χ1) is 8.70. The normalized spacial score (nSPS) is 21.1. The van der Waals surface area contributed by atoms with Gasteiger partial charge in [0.1, 0.15) is 0 Å². The summed E-state index contributed by atoms with van der Waals surface area (Å²) >= 11 is 0. The summed E-state index contributed by atoms with van der Waals surface area (Å²) in [7, 11) is 0. The molecule has 1 aliphatic rings. The van der Waals surface area contributed by atoms with Gasteiger partial charge < -0.3 is 15.4 Å². The molecule has 2 unspecified atom stereocenters. The Bertz CT molecular complexity index is 383. The summed E-state index contributed by atoms with van der Waals surface area (Å²) in [5.41, 5.74) is 5.95. The third-order valence-electron chi connectivity index (χ3n) is 3.35. The molecule has 1 saturated heterocycles. The van der Waals surface area contributed by atoms with Crippen LogP contribution < -0.4 is 15.4 Å². The number of ether oxygens (including phenoxy) is 1. The summed E-state index contributed by atoms with van der Waals surface area (Å²) in [6.07, 6.45) is 5.56. The minimum absolute atomic E-state index is 0.238. The Morgan fingerprint density at radius 2 is 2.39 bits per heavy atom. The minimum atomic E-state index is 0.238. The highest BCUT2D eigenvalue weighted by Gasteiger charge is 2.26. The van der Waals surface area contributed by atoms with Gasteiger partial charge in [-0.05, 0) is 25.7 Å². The van der Waals surface area contributed by atoms with Crippen LogP contribution in [-0.4, -0.2) is 35.7 Å². The Hall–Kier alpha value is -1.36. The van der Waals surface area contributed by atoms with Crippen molar-refractivity contribution < 1.29 is 4.74 Å². The summed E-state index contributed by atoms with van der Waals surface area (Å²) in [5.74, 6) is 2.05. The average molecular weight is 250 g/mol. The van der Waals surface area contributed by atoms with E-state index in [1.807, 2.05) is 0 Å². The van der Waals surface area contributed by atoms with Gasteiger partial charge in [-0.2, -0.15) is 4.98 Å². The van der Waals surface area contributed by atoms with Crippen molar-refractivity contribution in [1.29, 1.82) is 0 Å². The van der Waals surface area contributed by atoms with E-state index in [1.54, 1.807) is 12.4 Å². The Kier molecular flexibility index (Phi) is 4.36. The molecule has 0 saturated carbocycles. The van der Waals surface area contributed by atoms with Gasteiger partial charge in [0, 0.05) is 19.1 Å². The van der Waals surface area contributed by atoms with Crippen molar-refractivity contribution in [3.63, 3.8) is 0 Å². The maximum Gasteiger partial charge on any atom is 0.234 e. The highest BCUT2D eigenvalue weighted by Crippen LogP contribution is 2.24. The van der Waals surface area contributed by atoms with Crippen LogP contribution in [0, 0.1) is 5.92 Å². The number of nitrogens with two attached hydrogens (primary N) is 1. The molecule has 0 amide bonds. The van der Waals surface area contributed by atoms with Gasteiger partial charge in [-0.25, -0.2) is 0 Å². The molecule has 0 bridgehead atoms. The predicted molar refractivity (Wildman–Crippen MR) is 71.8 cm³/mol. The molecular formula is C13H22N4O. The van der Waals surface area contributed by atoms with Crippen molar-refractivity contribution >= 4 is 5.82 Å². The molecule has 1 aromatic rings. The van der Waals surface area contributed by atoms with Gasteiger partial charge in [-0.15, -0.1) is 0 Å². The molecule has 5 nitrogen and oxygen atoms in total. The lowest BCUT2D eigenvalue weighted by molar-refractivity contribution is 0.304. The van der Waals surface area contributed by atoms with Crippen LogP contribution in [0.25, 0.3) is 0 Å². The lowest BCUT2D eigenvalue weighted by Crippen LogP contribution is -2.30. The second-order valence-corrected chi connectivity index (χ2v) is 4.92. The van der Waals surface area contributed by atoms with E-state index in [0.29, 0.717) is 18.4 Å². The molecule has 0 aliphatic carbocycles. The van der Waals surface area contributed by atoms with E-state index >= 15 is 0 Å². The number of nitrogens with zero attached hydrogens (tertiary/aromatic N) is 3. The Morgan fingerprint density at radius 3 is 3.06 bits per heavy atom. The molecule has 100 valence electrons. The van der Waals surface area contributed by atoms with Crippen molar-refractivity contribution in [2.24, 2.45) is 11.7 Å². The third kappa shape index (κ3) is 3.10. The molecule has 1 aliphatic heterocycles. The van der Waals surface area contributed by atoms with E-state index in [1.165, 1.54) is 0 Å². The molecule has 18 heavy (non-hydrogen) atoms. The first-order valence-corrected chi connectivity index (χ1v) is 6.66. The fourth-order valence-corrected chi connectivity index (χ4v) is 2.19. The summed E-state index contributed by atoms with van der Waals surface area (Å²) < 4.78 is 5.50. The number of aromatic nitrogens is 2. The molecule has 2 rings (SSSR count). The van der Waals surface area contributed by atoms with Crippen molar-refractivity contribution in [2.45, 2.75) is 32.7 Å². The lowest BCUT2D eigenvalue weighted by atomic mass is 10.0. The van der Waals surface area contributed by atoms with Crippen LogP contribution >= 0.6 is 0 Å². The van der Waals surface area contributed by atoms with Gasteiger partial charge in [-0.3, -0.25) is 4.98 Å². The molecule has 0 aromatic carbocycles. The molecule has 1 fully saturated rings. The number of anilines is 1. The first kappa shape index (κ1) is 13.1. The Balaban J connectivity index is 2.01. The van der Waals surface area contributed by atoms with Gasteiger partial charge in [-0.1, -0.05) is 6.92 Å². The van der Waals surface area contributed by atoms with Gasteiger partial charge >= 0.3 is 0 Å². The van der Waals surface area contributed by atoms with E-state index in [-0.39, 0.29) is 6.04 Å². The number of hydrogen-bond donors (Lipinski definition) is 1. The molecule has 0 spiro atoms. The molecular weight excluding hydrogens is 228 g/mol. The van der Waals surface area contributed by atoms with Crippen LogP contribution in [0.15, 0.2) is 12.4 Å². The highest BCUT2D eigenvalue weighted by atomic mass is 16.5. The van der Waals surface area contributed by atoms with Gasteiger partial charge in [0.15, 0.2) is 5.82 Å². The fraction of sp³-hybridized carbons (Fsp3) is 0.692. The van der Waals surface area contributed by atoms with Crippen LogP contribution in [0.4, 0.5) is 5.82 Å². The molecule has 2 heterocycles. The first-order valence-electron chi connectivity index (χ1n) is 6.66. The third-order valence-corrected chi connectivity index (χ3v) is 3.35. The minimum Gasteiger partial charge on any atom is -0.477 e. The quantitative estimate of drug-likeness (QED) is 0.856. The molecule has 2 atom stereocenters. The standard InChI is InChI=1S/C13H22N4O/c1-3-6-18-13-8-15-7-12(16-13)17-5-4-11(9-17)10(2)14/h7-8,10-11H,3-6,9,14H2,1-2H3. The topological polar surface area (TPSA) is 64.3 Å². The zero-order valence-corrected chi connectivity index (χ0v) is 11.2. The summed E-state index contributed by atoms with van der Waals surface area (Å²) in [6.45, 7) is 6.79. The fourth-order valence-electron chi connectivity index (χ4n) is 2.19. The second-order valence-electron chi connectivity index (χ2n) is 4.92. The molecule has 1 aromatic heterocycles. The zero-order chi connectivity index (χ0) is 13.0. The van der Waals surface area contributed by atoms with E-state index in [9.17, 15) is 0 Å². The van der Waals surface area contributed by atoms with Crippen molar-refractivity contribution in [3.8, 4) is 5.88 Å². The van der Waals surface area contributed by atoms with Crippen molar-refractivity contribution in [1.82, 2.24) is 9.97 Å². The van der Waals surface area contributed by atoms with Crippen LogP contribution in [0.5, 0.6) is 5.88 Å². The molecule has 0 radical (unpaired) electrons. The summed E-state index contributed by atoms with van der Waals surface area (Å²) in [4.78, 5) is 10.9. The van der Waals surface area contributed by atoms with E-state index in [2.05, 4.69) is 28.7 Å². The van der Waals surface area contributed by atoms with Crippen LogP contribution in [0.2, 0.25) is 0 Å². The van der Waals surface area contributed by atoms with Gasteiger partial charge in [0.2, 0.25) is 5.88 Å². The maximum absolute atomic E-state index is 5.95. The maximum atomic E-state index is 5.95. The predicted octanol–water partition coefficient (Wildman–Crippen LogP) is 1.44. The number of hydrogen-bond acceptors (Lipinski definition) is 5. The molecule has 2 N–H and O–H groups in total. The van der Waals surface area contributed by atoms with Crippen molar-refractivity contribution in [3.05, 3.63) is 12.4 Å². The Morgan fingerprint density at radius 1 is 1.56 bits per heavy atom. The van der Waals surface area contributed by atoms with E-state index in [4.69, 9.17) is 10.5 Å². The number of rotatable bonds is 5. The highest BCUT2D eigenvalue weighted by molar-refractivity contribution is 5.39. The van der Waals surface area contributed by atoms with E-state index in [0.717, 1.165) is 31.7 Å². The largest absolute Gasteiger partial charge is 0.477 e. The molecule has 5 heteroatoms. The Labute approximate surface area is 108 Å². The summed E-state index contributed by atoms with van der Waals surface area (Å²) in [5, 5.41) is 0. The smallest absolute Gasteiger partial charge is 0.234 e. The zero-order valence-electron chi connectivity index (χ0n) is 11.2. The van der Waals surface area contributed by atoms with Gasteiger partial charge in [0.05, 0.1) is 19.0 Å². The van der Waals surface area contributed by atoms with Gasteiger partial charge in [0.25, 0.3) is 0 Å². The van der Waals surface area contributed by atoms with Crippen LogP contribution in [-0.2, 0) is 0 Å².